The van der Waals surface area contributed by atoms with Gasteiger partial charge in [-0.15, -0.1) is 0 Å². The van der Waals surface area contributed by atoms with Gasteiger partial charge in [-0.25, -0.2) is 0 Å². The Hall–Kier alpha value is -1.18. The third-order valence-corrected chi connectivity index (χ3v) is 6.12. The van der Waals surface area contributed by atoms with Gasteiger partial charge in [0.1, 0.15) is 11.5 Å². The fraction of sp³-hybridized carbons (Fsp3) is 0.684. The van der Waals surface area contributed by atoms with Crippen LogP contribution >= 0.6 is 0 Å². The molecule has 116 valence electrons. The molecule has 0 unspecified atom stereocenters. The van der Waals surface area contributed by atoms with E-state index in [0.29, 0.717) is 5.41 Å². The zero-order valence-corrected chi connectivity index (χ0v) is 14.1. The lowest BCUT2D eigenvalue weighted by Crippen LogP contribution is -2.48. The summed E-state index contributed by atoms with van der Waals surface area (Å²) in [5, 5.41) is 0. The van der Waals surface area contributed by atoms with E-state index in [2.05, 4.69) is 32.9 Å². The summed E-state index contributed by atoms with van der Waals surface area (Å²) in [6.07, 6.45) is 6.37. The van der Waals surface area contributed by atoms with Gasteiger partial charge in [0.15, 0.2) is 0 Å². The van der Waals surface area contributed by atoms with Crippen LogP contribution in [0.4, 0.5) is 0 Å². The zero-order chi connectivity index (χ0) is 15.3. The Morgan fingerprint density at radius 2 is 1.81 bits per heavy atom. The number of ether oxygens (including phenoxy) is 2. The van der Waals surface area contributed by atoms with Crippen LogP contribution in [0.15, 0.2) is 12.1 Å². The number of methoxy groups -OCH3 is 2. The standard InChI is InChI=1S/C19H28O2/c1-18(2)9-6-10-19(3)16(18)8-7-13-11-14(20-4)12-15(21-5)17(13)19/h11-12,16H,6-10H2,1-5H3/t16-,19-/m0/s1. The van der Waals surface area contributed by atoms with Crippen molar-refractivity contribution in [3.8, 4) is 11.5 Å². The number of benzene rings is 1. The molecule has 0 aliphatic heterocycles. The van der Waals surface area contributed by atoms with Crippen molar-refractivity contribution in [2.75, 3.05) is 14.2 Å². The second-order valence-electron chi connectivity index (χ2n) is 7.71. The lowest BCUT2D eigenvalue weighted by atomic mass is 9.50. The molecule has 0 saturated heterocycles. The van der Waals surface area contributed by atoms with Crippen LogP contribution in [-0.4, -0.2) is 14.2 Å². The van der Waals surface area contributed by atoms with Crippen LogP contribution in [0, 0.1) is 11.3 Å². The first-order chi connectivity index (χ1) is 9.92. The topological polar surface area (TPSA) is 18.5 Å². The van der Waals surface area contributed by atoms with E-state index in [1.165, 1.54) is 36.8 Å². The van der Waals surface area contributed by atoms with Crippen molar-refractivity contribution in [3.63, 3.8) is 0 Å². The smallest absolute Gasteiger partial charge is 0.126 e. The Morgan fingerprint density at radius 3 is 2.48 bits per heavy atom. The monoisotopic (exact) mass is 288 g/mol. The first-order valence-corrected chi connectivity index (χ1v) is 8.18. The summed E-state index contributed by atoms with van der Waals surface area (Å²) in [6, 6.07) is 4.29. The minimum absolute atomic E-state index is 0.243. The van der Waals surface area contributed by atoms with Gasteiger partial charge in [0.2, 0.25) is 0 Å². The molecular formula is C19H28O2. The van der Waals surface area contributed by atoms with Crippen molar-refractivity contribution in [3.05, 3.63) is 23.3 Å². The summed E-state index contributed by atoms with van der Waals surface area (Å²) in [4.78, 5) is 0. The molecule has 0 heterocycles. The van der Waals surface area contributed by atoms with Gasteiger partial charge >= 0.3 is 0 Å². The van der Waals surface area contributed by atoms with Gasteiger partial charge in [0, 0.05) is 11.6 Å². The van der Waals surface area contributed by atoms with Crippen molar-refractivity contribution in [2.45, 2.75) is 58.3 Å². The molecule has 1 aromatic carbocycles. The molecule has 2 aliphatic carbocycles. The maximum absolute atomic E-state index is 5.76. The number of rotatable bonds is 2. The highest BCUT2D eigenvalue weighted by Gasteiger charge is 2.50. The first-order valence-electron chi connectivity index (χ1n) is 8.18. The minimum Gasteiger partial charge on any atom is -0.497 e. The third kappa shape index (κ3) is 2.15. The second-order valence-corrected chi connectivity index (χ2v) is 7.71. The van der Waals surface area contributed by atoms with E-state index in [4.69, 9.17) is 9.47 Å². The van der Waals surface area contributed by atoms with Crippen LogP contribution in [0.25, 0.3) is 0 Å². The molecule has 2 heteroatoms. The molecule has 0 aromatic heterocycles. The van der Waals surface area contributed by atoms with Crippen molar-refractivity contribution < 1.29 is 9.47 Å². The molecule has 0 radical (unpaired) electrons. The van der Waals surface area contributed by atoms with Crippen molar-refractivity contribution >= 4 is 0 Å². The molecule has 0 N–H and O–H groups in total. The van der Waals surface area contributed by atoms with Gasteiger partial charge in [0.05, 0.1) is 14.2 Å². The van der Waals surface area contributed by atoms with E-state index in [0.717, 1.165) is 23.8 Å². The van der Waals surface area contributed by atoms with Crippen molar-refractivity contribution in [1.82, 2.24) is 0 Å². The normalized spacial score (nSPS) is 30.2. The fourth-order valence-corrected chi connectivity index (χ4v) is 5.20. The molecule has 1 aromatic rings. The molecule has 1 saturated carbocycles. The van der Waals surface area contributed by atoms with Gasteiger partial charge in [-0.2, -0.15) is 0 Å². The Labute approximate surface area is 128 Å². The van der Waals surface area contributed by atoms with Crippen molar-refractivity contribution in [2.24, 2.45) is 11.3 Å². The third-order valence-electron chi connectivity index (χ3n) is 6.12. The summed E-state index contributed by atoms with van der Waals surface area (Å²) >= 11 is 0. The SMILES string of the molecule is COc1cc2c(c(OC)c1)[C@@]1(C)CCCC(C)(C)[C@@H]1CC2. The molecule has 2 atom stereocenters. The summed E-state index contributed by atoms with van der Waals surface area (Å²) in [7, 11) is 3.52. The lowest BCUT2D eigenvalue weighted by Gasteiger charge is -2.54. The highest BCUT2D eigenvalue weighted by molar-refractivity contribution is 5.52. The predicted octanol–water partition coefficient (Wildman–Crippen LogP) is 4.73. The molecule has 2 aliphatic rings. The Bertz CT molecular complexity index is 529. The molecule has 21 heavy (non-hydrogen) atoms. The summed E-state index contributed by atoms with van der Waals surface area (Å²) in [6.45, 7) is 7.37. The lowest BCUT2D eigenvalue weighted by molar-refractivity contribution is 0.0391. The number of hydrogen-bond acceptors (Lipinski definition) is 2. The summed E-state index contributed by atoms with van der Waals surface area (Å²) < 4.78 is 11.2. The Balaban J connectivity index is 2.17. The fourth-order valence-electron chi connectivity index (χ4n) is 5.20. The van der Waals surface area contributed by atoms with E-state index in [1.54, 1.807) is 14.2 Å². The molecule has 1 fully saturated rings. The molecular weight excluding hydrogens is 260 g/mol. The van der Waals surface area contributed by atoms with E-state index in [-0.39, 0.29) is 5.41 Å². The number of fused-ring (bicyclic) bond motifs is 3. The average molecular weight is 288 g/mol. The van der Waals surface area contributed by atoms with Gasteiger partial charge < -0.3 is 9.47 Å². The highest BCUT2D eigenvalue weighted by atomic mass is 16.5. The first kappa shape index (κ1) is 14.7. The van der Waals surface area contributed by atoms with E-state index < -0.39 is 0 Å². The van der Waals surface area contributed by atoms with Crippen LogP contribution in [0.3, 0.4) is 0 Å². The minimum atomic E-state index is 0.243. The number of aryl methyl sites for hydroxylation is 1. The van der Waals surface area contributed by atoms with Crippen LogP contribution in [0.2, 0.25) is 0 Å². The second kappa shape index (κ2) is 4.93. The predicted molar refractivity (Wildman–Crippen MR) is 86.3 cm³/mol. The van der Waals surface area contributed by atoms with Crippen LogP contribution in [0.5, 0.6) is 11.5 Å². The van der Waals surface area contributed by atoms with Crippen LogP contribution in [-0.2, 0) is 11.8 Å². The maximum Gasteiger partial charge on any atom is 0.126 e. The maximum atomic E-state index is 5.76. The number of hydrogen-bond donors (Lipinski definition) is 0. The van der Waals surface area contributed by atoms with Crippen LogP contribution in [0.1, 0.15) is 57.6 Å². The van der Waals surface area contributed by atoms with Gasteiger partial charge in [-0.05, 0) is 54.1 Å². The highest BCUT2D eigenvalue weighted by Crippen LogP contribution is 2.59. The molecule has 0 bridgehead atoms. The Morgan fingerprint density at radius 1 is 1.05 bits per heavy atom. The summed E-state index contributed by atoms with van der Waals surface area (Å²) in [5.41, 5.74) is 3.56. The Kier molecular flexibility index (Phi) is 3.46. The molecule has 0 amide bonds. The zero-order valence-electron chi connectivity index (χ0n) is 14.1. The molecule has 3 rings (SSSR count). The van der Waals surface area contributed by atoms with E-state index in [1.807, 2.05) is 0 Å². The largest absolute Gasteiger partial charge is 0.497 e. The average Bonchev–Trinajstić information content (AvgIpc) is 2.44. The van der Waals surface area contributed by atoms with Gasteiger partial charge in [-0.1, -0.05) is 27.2 Å². The van der Waals surface area contributed by atoms with Crippen molar-refractivity contribution in [1.29, 1.82) is 0 Å². The van der Waals surface area contributed by atoms with E-state index >= 15 is 0 Å². The van der Waals surface area contributed by atoms with Crippen LogP contribution < -0.4 is 9.47 Å². The van der Waals surface area contributed by atoms with Gasteiger partial charge in [-0.3, -0.25) is 0 Å². The molecule has 2 nitrogen and oxygen atoms in total. The van der Waals surface area contributed by atoms with Gasteiger partial charge in [0.25, 0.3) is 0 Å². The molecule has 0 spiro atoms. The van der Waals surface area contributed by atoms with E-state index in [9.17, 15) is 0 Å². The summed E-state index contributed by atoms with van der Waals surface area (Å²) in [5.74, 6) is 2.69. The quantitative estimate of drug-likeness (QED) is 0.783.